The maximum atomic E-state index is 12.8. The molecule has 0 aliphatic carbocycles. The number of sulfonamides is 1. The lowest BCUT2D eigenvalue weighted by Crippen LogP contribution is -2.51. The monoisotopic (exact) mass is 469 g/mol. The van der Waals surface area contributed by atoms with Crippen LogP contribution in [0, 0.1) is 6.92 Å². The van der Waals surface area contributed by atoms with E-state index in [1.807, 2.05) is 0 Å². The molecule has 1 aromatic heterocycles. The van der Waals surface area contributed by atoms with E-state index in [1.54, 1.807) is 36.1 Å². The molecule has 1 aromatic carbocycles. The predicted molar refractivity (Wildman–Crippen MR) is 107 cm³/mol. The number of benzene rings is 1. The average Bonchev–Trinajstić information content (AvgIpc) is 2.64. The van der Waals surface area contributed by atoms with Crippen molar-refractivity contribution in [2.45, 2.75) is 18.2 Å². The molecule has 2 aromatic rings. The van der Waals surface area contributed by atoms with Crippen LogP contribution in [-0.2, 0) is 21.2 Å². The quantitative estimate of drug-likeness (QED) is 0.670. The second-order valence-electron chi connectivity index (χ2n) is 6.43. The number of anilines is 1. The van der Waals surface area contributed by atoms with Crippen molar-refractivity contribution >= 4 is 37.8 Å². The molecule has 3 rings (SSSR count). The van der Waals surface area contributed by atoms with Gasteiger partial charge in [0.2, 0.25) is 21.9 Å². The number of nitrogen functional groups attached to an aromatic ring is 1. The van der Waals surface area contributed by atoms with Crippen LogP contribution < -0.4 is 11.3 Å². The Morgan fingerprint density at radius 1 is 1.29 bits per heavy atom. The van der Waals surface area contributed by atoms with Crippen LogP contribution in [0.15, 0.2) is 38.4 Å². The molecule has 1 aliphatic rings. The molecule has 1 aliphatic heterocycles. The van der Waals surface area contributed by atoms with E-state index in [0.29, 0.717) is 10.2 Å². The zero-order chi connectivity index (χ0) is 20.5. The number of piperazine rings is 1. The van der Waals surface area contributed by atoms with Crippen LogP contribution in [0.1, 0.15) is 11.3 Å². The Labute approximate surface area is 170 Å². The van der Waals surface area contributed by atoms with Gasteiger partial charge in [-0.15, -0.1) is 0 Å². The highest BCUT2D eigenvalue weighted by Gasteiger charge is 2.30. The number of H-pyrrole nitrogens is 1. The molecular weight excluding hydrogens is 450 g/mol. The lowest BCUT2D eigenvalue weighted by Gasteiger charge is -2.34. The normalized spacial score (nSPS) is 15.6. The van der Waals surface area contributed by atoms with Gasteiger partial charge in [0.25, 0.3) is 5.56 Å². The minimum atomic E-state index is -3.62. The summed E-state index contributed by atoms with van der Waals surface area (Å²) in [7, 11) is -3.62. The molecule has 0 radical (unpaired) electrons. The molecule has 0 atom stereocenters. The number of halogens is 1. The van der Waals surface area contributed by atoms with Gasteiger partial charge in [0, 0.05) is 36.2 Å². The van der Waals surface area contributed by atoms with E-state index in [9.17, 15) is 18.0 Å². The fraction of sp³-hybridized carbons (Fsp3) is 0.353. The standard InChI is InChI=1S/C17H20BrN5O4S/c1-11-14(16(25)21-17(19)20-11)10-15(24)22-5-7-23(8-6-22)28(26,27)13-4-2-3-12(18)9-13/h2-4,9H,5-8,10H2,1H3,(H3,19,20,21,25). The molecule has 3 N–H and O–H groups in total. The summed E-state index contributed by atoms with van der Waals surface area (Å²) in [5.74, 6) is -0.246. The van der Waals surface area contributed by atoms with Crippen molar-refractivity contribution in [3.63, 3.8) is 0 Å². The van der Waals surface area contributed by atoms with Crippen LogP contribution >= 0.6 is 15.9 Å². The second-order valence-corrected chi connectivity index (χ2v) is 9.29. The first kappa shape index (κ1) is 20.5. The molecule has 1 amide bonds. The summed E-state index contributed by atoms with van der Waals surface area (Å²) in [5, 5.41) is 0. The number of carbonyl (C=O) groups excluding carboxylic acids is 1. The third-order valence-corrected chi connectivity index (χ3v) is 6.98. The molecule has 9 nitrogen and oxygen atoms in total. The van der Waals surface area contributed by atoms with Crippen molar-refractivity contribution in [3.05, 3.63) is 50.3 Å². The molecule has 150 valence electrons. The summed E-state index contributed by atoms with van der Waals surface area (Å²) in [5.41, 5.74) is 5.73. The first-order valence-electron chi connectivity index (χ1n) is 8.57. The fourth-order valence-corrected chi connectivity index (χ4v) is 5.08. The van der Waals surface area contributed by atoms with Gasteiger partial charge < -0.3 is 10.6 Å². The SMILES string of the molecule is Cc1nc(N)[nH]c(=O)c1CC(=O)N1CCN(S(=O)(=O)c2cccc(Br)c2)CC1. The Morgan fingerprint density at radius 3 is 2.57 bits per heavy atom. The highest BCUT2D eigenvalue weighted by atomic mass is 79.9. The molecule has 28 heavy (non-hydrogen) atoms. The number of aromatic amines is 1. The van der Waals surface area contributed by atoms with E-state index in [4.69, 9.17) is 5.73 Å². The van der Waals surface area contributed by atoms with Gasteiger partial charge in [0.15, 0.2) is 0 Å². The maximum absolute atomic E-state index is 12.8. The zero-order valence-corrected chi connectivity index (χ0v) is 17.6. The van der Waals surface area contributed by atoms with Crippen molar-refractivity contribution in [1.29, 1.82) is 0 Å². The number of nitrogens with one attached hydrogen (secondary N) is 1. The lowest BCUT2D eigenvalue weighted by molar-refractivity contribution is -0.131. The number of carbonyl (C=O) groups is 1. The highest BCUT2D eigenvalue weighted by Crippen LogP contribution is 2.21. The third-order valence-electron chi connectivity index (χ3n) is 4.59. The molecule has 0 bridgehead atoms. The number of amides is 1. The van der Waals surface area contributed by atoms with E-state index < -0.39 is 15.6 Å². The molecular formula is C17H20BrN5O4S. The Bertz CT molecular complexity index is 1060. The summed E-state index contributed by atoms with van der Waals surface area (Å²) in [6.45, 7) is 2.51. The lowest BCUT2D eigenvalue weighted by atomic mass is 10.1. The van der Waals surface area contributed by atoms with Gasteiger partial charge in [-0.2, -0.15) is 4.31 Å². The molecule has 0 unspecified atom stereocenters. The van der Waals surface area contributed by atoms with Crippen LogP contribution in [0.2, 0.25) is 0 Å². The van der Waals surface area contributed by atoms with Crippen molar-refractivity contribution in [2.24, 2.45) is 0 Å². The number of nitrogens with two attached hydrogens (primary N) is 1. The van der Waals surface area contributed by atoms with E-state index in [1.165, 1.54) is 4.31 Å². The molecule has 2 heterocycles. The van der Waals surface area contributed by atoms with Gasteiger partial charge in [-0.25, -0.2) is 13.4 Å². The number of hydrogen-bond acceptors (Lipinski definition) is 6. The minimum Gasteiger partial charge on any atom is -0.369 e. The number of aromatic nitrogens is 2. The van der Waals surface area contributed by atoms with Crippen LogP contribution in [0.3, 0.4) is 0 Å². The number of hydrogen-bond donors (Lipinski definition) is 2. The van der Waals surface area contributed by atoms with Gasteiger partial charge >= 0.3 is 0 Å². The van der Waals surface area contributed by atoms with Crippen LogP contribution in [0.4, 0.5) is 5.95 Å². The van der Waals surface area contributed by atoms with E-state index in [-0.39, 0.29) is 54.9 Å². The summed E-state index contributed by atoms with van der Waals surface area (Å²) in [6, 6.07) is 6.51. The van der Waals surface area contributed by atoms with Gasteiger partial charge in [-0.3, -0.25) is 14.6 Å². The van der Waals surface area contributed by atoms with Crippen LogP contribution in [0.25, 0.3) is 0 Å². The topological polar surface area (TPSA) is 129 Å². The summed E-state index contributed by atoms with van der Waals surface area (Å²) >= 11 is 3.28. The van der Waals surface area contributed by atoms with Crippen molar-refractivity contribution in [2.75, 3.05) is 31.9 Å². The fourth-order valence-electron chi connectivity index (χ4n) is 3.06. The van der Waals surface area contributed by atoms with Crippen molar-refractivity contribution in [1.82, 2.24) is 19.2 Å². The van der Waals surface area contributed by atoms with Gasteiger partial charge in [0.1, 0.15) is 0 Å². The van der Waals surface area contributed by atoms with E-state index >= 15 is 0 Å². The Balaban J connectivity index is 1.67. The smallest absolute Gasteiger partial charge is 0.256 e. The first-order valence-corrected chi connectivity index (χ1v) is 10.8. The zero-order valence-electron chi connectivity index (χ0n) is 15.2. The predicted octanol–water partition coefficient (Wildman–Crippen LogP) is 0.499. The third kappa shape index (κ3) is 4.26. The van der Waals surface area contributed by atoms with E-state index in [0.717, 1.165) is 0 Å². The molecule has 1 fully saturated rings. The minimum absolute atomic E-state index is 0.00469. The Hall–Kier alpha value is -2.24. The first-order chi connectivity index (χ1) is 13.2. The highest BCUT2D eigenvalue weighted by molar-refractivity contribution is 9.10. The van der Waals surface area contributed by atoms with Crippen molar-refractivity contribution < 1.29 is 13.2 Å². The molecule has 1 saturated heterocycles. The van der Waals surface area contributed by atoms with E-state index in [2.05, 4.69) is 25.9 Å². The Morgan fingerprint density at radius 2 is 1.96 bits per heavy atom. The maximum Gasteiger partial charge on any atom is 0.256 e. The average molecular weight is 470 g/mol. The van der Waals surface area contributed by atoms with Gasteiger partial charge in [-0.1, -0.05) is 22.0 Å². The second kappa shape index (κ2) is 8.02. The summed E-state index contributed by atoms with van der Waals surface area (Å²) in [4.78, 5) is 32.7. The summed E-state index contributed by atoms with van der Waals surface area (Å²) < 4.78 is 27.6. The Kier molecular flexibility index (Phi) is 5.87. The van der Waals surface area contributed by atoms with Crippen molar-refractivity contribution in [3.8, 4) is 0 Å². The van der Waals surface area contributed by atoms with Gasteiger partial charge in [0.05, 0.1) is 17.0 Å². The number of nitrogens with zero attached hydrogens (tertiary/aromatic N) is 3. The molecule has 11 heteroatoms. The summed E-state index contributed by atoms with van der Waals surface area (Å²) in [6.07, 6.45) is -0.104. The number of rotatable bonds is 4. The number of aryl methyl sites for hydroxylation is 1. The van der Waals surface area contributed by atoms with Crippen LogP contribution in [-0.4, -0.2) is 59.7 Å². The largest absolute Gasteiger partial charge is 0.369 e. The van der Waals surface area contributed by atoms with Crippen LogP contribution in [0.5, 0.6) is 0 Å². The molecule has 0 saturated carbocycles. The molecule has 0 spiro atoms. The van der Waals surface area contributed by atoms with Gasteiger partial charge in [-0.05, 0) is 25.1 Å².